The van der Waals surface area contributed by atoms with E-state index in [-0.39, 0.29) is 12.0 Å². The second-order valence-electron chi connectivity index (χ2n) is 6.45. The van der Waals surface area contributed by atoms with Crippen LogP contribution in [-0.4, -0.2) is 30.9 Å². The molecule has 6 nitrogen and oxygen atoms in total. The first-order chi connectivity index (χ1) is 14.2. The van der Waals surface area contributed by atoms with Gasteiger partial charge in [-0.05, 0) is 24.3 Å². The summed E-state index contributed by atoms with van der Waals surface area (Å²) < 4.78 is 4.94. The van der Waals surface area contributed by atoms with Crippen molar-refractivity contribution in [1.29, 1.82) is 0 Å². The van der Waals surface area contributed by atoms with Crippen molar-refractivity contribution >= 4 is 23.4 Å². The van der Waals surface area contributed by atoms with Gasteiger partial charge in [0.05, 0.1) is 12.3 Å². The summed E-state index contributed by atoms with van der Waals surface area (Å²) in [5, 5.41) is 4.39. The Morgan fingerprint density at radius 3 is 1.93 bits per heavy atom. The molecular formula is C23H19N3O3. The number of hydrogen-bond acceptors (Lipinski definition) is 4. The fourth-order valence-corrected chi connectivity index (χ4v) is 3.08. The Labute approximate surface area is 168 Å². The van der Waals surface area contributed by atoms with E-state index in [9.17, 15) is 9.59 Å². The standard InChI is InChI=1S/C23H19N3O3/c27-22(19-11-13-20(14-12-19)26-15-16-29-23(26)28)25-24-21(17-7-3-1-4-8-17)18-9-5-2-6-10-18/h1-14H,15-16H2,(H,25,27). The topological polar surface area (TPSA) is 71.0 Å². The van der Waals surface area contributed by atoms with Crippen LogP contribution in [0.4, 0.5) is 10.5 Å². The summed E-state index contributed by atoms with van der Waals surface area (Å²) in [4.78, 5) is 25.8. The molecule has 29 heavy (non-hydrogen) atoms. The van der Waals surface area contributed by atoms with E-state index in [2.05, 4.69) is 10.5 Å². The number of nitrogens with one attached hydrogen (secondary N) is 1. The normalized spacial score (nSPS) is 13.0. The minimum absolute atomic E-state index is 0.329. The highest BCUT2D eigenvalue weighted by Crippen LogP contribution is 2.19. The largest absolute Gasteiger partial charge is 0.447 e. The molecule has 0 aromatic heterocycles. The highest BCUT2D eigenvalue weighted by molar-refractivity contribution is 6.13. The minimum Gasteiger partial charge on any atom is -0.447 e. The van der Waals surface area contributed by atoms with Crippen molar-refractivity contribution in [2.24, 2.45) is 5.10 Å². The molecule has 4 rings (SSSR count). The summed E-state index contributed by atoms with van der Waals surface area (Å²) in [6.07, 6.45) is -0.373. The average molecular weight is 385 g/mol. The molecular weight excluding hydrogens is 366 g/mol. The molecule has 3 aromatic carbocycles. The molecule has 0 aliphatic carbocycles. The second kappa shape index (κ2) is 8.39. The van der Waals surface area contributed by atoms with Crippen LogP contribution in [-0.2, 0) is 4.74 Å². The first kappa shape index (κ1) is 18.4. The van der Waals surface area contributed by atoms with Gasteiger partial charge in [0.15, 0.2) is 0 Å². The van der Waals surface area contributed by atoms with Gasteiger partial charge in [0.25, 0.3) is 5.91 Å². The molecule has 1 aliphatic rings. The zero-order valence-electron chi connectivity index (χ0n) is 15.6. The van der Waals surface area contributed by atoms with Gasteiger partial charge >= 0.3 is 6.09 Å². The van der Waals surface area contributed by atoms with Crippen LogP contribution in [0.5, 0.6) is 0 Å². The predicted molar refractivity (Wildman–Crippen MR) is 111 cm³/mol. The Morgan fingerprint density at radius 2 is 1.41 bits per heavy atom. The van der Waals surface area contributed by atoms with Crippen molar-refractivity contribution in [3.05, 3.63) is 102 Å². The summed E-state index contributed by atoms with van der Waals surface area (Å²) in [7, 11) is 0. The molecule has 0 spiro atoms. The molecule has 0 atom stereocenters. The van der Waals surface area contributed by atoms with Crippen molar-refractivity contribution in [2.75, 3.05) is 18.1 Å². The Kier molecular flexibility index (Phi) is 5.33. The van der Waals surface area contributed by atoms with Crippen LogP contribution >= 0.6 is 0 Å². The van der Waals surface area contributed by atoms with Gasteiger partial charge in [-0.3, -0.25) is 9.69 Å². The number of anilines is 1. The van der Waals surface area contributed by atoms with E-state index >= 15 is 0 Å². The zero-order chi connectivity index (χ0) is 20.1. The number of carbonyl (C=O) groups excluding carboxylic acids is 2. The third-order valence-corrected chi connectivity index (χ3v) is 4.57. The van der Waals surface area contributed by atoms with E-state index in [1.807, 2.05) is 60.7 Å². The third-order valence-electron chi connectivity index (χ3n) is 4.57. The third kappa shape index (κ3) is 4.16. The van der Waals surface area contributed by atoms with Crippen molar-refractivity contribution in [3.8, 4) is 0 Å². The van der Waals surface area contributed by atoms with Gasteiger partial charge in [-0.15, -0.1) is 0 Å². The summed E-state index contributed by atoms with van der Waals surface area (Å²) in [6.45, 7) is 0.879. The van der Waals surface area contributed by atoms with Crippen molar-refractivity contribution in [3.63, 3.8) is 0 Å². The maximum Gasteiger partial charge on any atom is 0.414 e. The number of hydrogen-bond donors (Lipinski definition) is 1. The van der Waals surface area contributed by atoms with Gasteiger partial charge in [0.2, 0.25) is 0 Å². The Balaban J connectivity index is 1.54. The number of hydrazone groups is 1. The smallest absolute Gasteiger partial charge is 0.414 e. The monoisotopic (exact) mass is 385 g/mol. The fourth-order valence-electron chi connectivity index (χ4n) is 3.08. The molecule has 3 aromatic rings. The maximum absolute atomic E-state index is 12.6. The van der Waals surface area contributed by atoms with Crippen molar-refractivity contribution in [1.82, 2.24) is 5.43 Å². The number of nitrogens with zero attached hydrogens (tertiary/aromatic N) is 2. The Morgan fingerprint density at radius 1 is 0.828 bits per heavy atom. The molecule has 2 amide bonds. The second-order valence-corrected chi connectivity index (χ2v) is 6.45. The number of ether oxygens (including phenoxy) is 1. The zero-order valence-corrected chi connectivity index (χ0v) is 15.6. The Hall–Kier alpha value is -3.93. The van der Waals surface area contributed by atoms with E-state index < -0.39 is 0 Å². The highest BCUT2D eigenvalue weighted by Gasteiger charge is 2.23. The first-order valence-corrected chi connectivity index (χ1v) is 9.25. The van der Waals surface area contributed by atoms with Crippen LogP contribution in [0.3, 0.4) is 0 Å². The summed E-state index contributed by atoms with van der Waals surface area (Å²) in [5.74, 6) is -0.329. The molecule has 0 bridgehead atoms. The van der Waals surface area contributed by atoms with Gasteiger partial charge in [-0.1, -0.05) is 60.7 Å². The number of benzene rings is 3. The summed E-state index contributed by atoms with van der Waals surface area (Å²) >= 11 is 0. The highest BCUT2D eigenvalue weighted by atomic mass is 16.6. The molecule has 0 radical (unpaired) electrons. The van der Waals surface area contributed by atoms with Crippen molar-refractivity contribution in [2.45, 2.75) is 0 Å². The summed E-state index contributed by atoms with van der Waals surface area (Å²) in [5.41, 5.74) is 6.27. The van der Waals surface area contributed by atoms with E-state index in [0.29, 0.717) is 30.1 Å². The van der Waals surface area contributed by atoms with Crippen LogP contribution in [0, 0.1) is 0 Å². The minimum atomic E-state index is -0.373. The molecule has 1 saturated heterocycles. The lowest BCUT2D eigenvalue weighted by Crippen LogP contribution is -2.24. The number of rotatable bonds is 5. The van der Waals surface area contributed by atoms with E-state index in [4.69, 9.17) is 4.74 Å². The van der Waals surface area contributed by atoms with Crippen LogP contribution in [0.1, 0.15) is 21.5 Å². The molecule has 1 fully saturated rings. The maximum atomic E-state index is 12.6. The summed E-state index contributed by atoms with van der Waals surface area (Å²) in [6, 6.07) is 26.1. The molecule has 144 valence electrons. The SMILES string of the molecule is O=C(NN=C(c1ccccc1)c1ccccc1)c1ccc(N2CCOC2=O)cc1. The van der Waals surface area contributed by atoms with Crippen molar-refractivity contribution < 1.29 is 14.3 Å². The number of cyclic esters (lactones) is 1. The molecule has 6 heteroatoms. The van der Waals surface area contributed by atoms with Gasteiger partial charge in [-0.2, -0.15) is 5.10 Å². The Bertz CT molecular complexity index is 990. The lowest BCUT2D eigenvalue weighted by Gasteiger charge is -2.13. The number of carbonyl (C=O) groups is 2. The fraction of sp³-hybridized carbons (Fsp3) is 0.0870. The predicted octanol–water partition coefficient (Wildman–Crippen LogP) is 3.83. The lowest BCUT2D eigenvalue weighted by molar-refractivity contribution is 0.0955. The molecule has 1 heterocycles. The van der Waals surface area contributed by atoms with E-state index in [1.165, 1.54) is 4.90 Å². The molecule has 1 N–H and O–H groups in total. The van der Waals surface area contributed by atoms with Gasteiger partial charge in [0.1, 0.15) is 6.61 Å². The lowest BCUT2D eigenvalue weighted by atomic mass is 10.0. The quantitative estimate of drug-likeness (QED) is 0.536. The van der Waals surface area contributed by atoms with Crippen LogP contribution in [0.25, 0.3) is 0 Å². The molecule has 1 aliphatic heterocycles. The van der Waals surface area contributed by atoms with E-state index in [1.54, 1.807) is 24.3 Å². The van der Waals surface area contributed by atoms with Crippen LogP contribution in [0.15, 0.2) is 90.0 Å². The van der Waals surface area contributed by atoms with Gasteiger partial charge in [-0.25, -0.2) is 10.2 Å². The first-order valence-electron chi connectivity index (χ1n) is 9.25. The van der Waals surface area contributed by atoms with Gasteiger partial charge in [0, 0.05) is 22.4 Å². The van der Waals surface area contributed by atoms with Crippen LogP contribution in [0.2, 0.25) is 0 Å². The molecule has 0 saturated carbocycles. The van der Waals surface area contributed by atoms with E-state index in [0.717, 1.165) is 11.1 Å². The van der Waals surface area contributed by atoms with Gasteiger partial charge < -0.3 is 4.74 Å². The number of amides is 2. The molecule has 0 unspecified atom stereocenters. The van der Waals surface area contributed by atoms with Crippen LogP contribution < -0.4 is 10.3 Å². The average Bonchev–Trinajstić information content (AvgIpc) is 3.21.